The second-order valence-corrected chi connectivity index (χ2v) is 7.69. The maximum Gasteiger partial charge on any atom is 0.287 e. The van der Waals surface area contributed by atoms with E-state index in [0.29, 0.717) is 18.1 Å². The lowest BCUT2D eigenvalue weighted by Crippen LogP contribution is -2.33. The molecule has 5 nitrogen and oxygen atoms in total. The number of nitrogens with zero attached hydrogens (tertiary/aromatic N) is 2. The molecule has 1 aliphatic rings. The molecule has 1 fully saturated rings. The van der Waals surface area contributed by atoms with Crippen molar-refractivity contribution in [2.24, 2.45) is 0 Å². The molecule has 0 spiro atoms. The summed E-state index contributed by atoms with van der Waals surface area (Å²) in [7, 11) is 0. The Morgan fingerprint density at radius 2 is 2.00 bits per heavy atom. The molecule has 1 N–H and O–H groups in total. The smallest absolute Gasteiger partial charge is 0.287 e. The van der Waals surface area contributed by atoms with Gasteiger partial charge in [-0.1, -0.05) is 18.6 Å². The topological polar surface area (TPSA) is 58.4 Å². The van der Waals surface area contributed by atoms with Crippen LogP contribution >= 0.6 is 11.3 Å². The molecule has 0 saturated carbocycles. The predicted molar refractivity (Wildman–Crippen MR) is 105 cm³/mol. The van der Waals surface area contributed by atoms with Crippen molar-refractivity contribution < 1.29 is 9.21 Å². The van der Waals surface area contributed by atoms with Crippen molar-refractivity contribution >= 4 is 27.5 Å². The zero-order valence-corrected chi connectivity index (χ0v) is 15.6. The molecule has 136 valence electrons. The second-order valence-electron chi connectivity index (χ2n) is 6.66. The fourth-order valence-electron chi connectivity index (χ4n) is 3.33. The number of likely N-dealkylation sites (tertiary alicyclic amines) is 1. The van der Waals surface area contributed by atoms with Crippen LogP contribution in [0.2, 0.25) is 0 Å². The third kappa shape index (κ3) is 3.97. The lowest BCUT2D eigenvalue weighted by Gasteiger charge is -2.26. The summed E-state index contributed by atoms with van der Waals surface area (Å²) in [4.78, 5) is 19.3. The van der Waals surface area contributed by atoms with Crippen LogP contribution in [0.4, 0.5) is 0 Å². The van der Waals surface area contributed by atoms with E-state index in [-0.39, 0.29) is 5.91 Å². The van der Waals surface area contributed by atoms with Gasteiger partial charge in [-0.25, -0.2) is 4.98 Å². The van der Waals surface area contributed by atoms with Crippen molar-refractivity contribution in [2.75, 3.05) is 26.2 Å². The van der Waals surface area contributed by atoms with Gasteiger partial charge in [0.05, 0.1) is 10.2 Å². The summed E-state index contributed by atoms with van der Waals surface area (Å²) < 4.78 is 6.85. The highest BCUT2D eigenvalue weighted by Gasteiger charge is 2.15. The van der Waals surface area contributed by atoms with Crippen LogP contribution < -0.4 is 5.32 Å². The van der Waals surface area contributed by atoms with Gasteiger partial charge in [-0.3, -0.25) is 4.79 Å². The van der Waals surface area contributed by atoms with Crippen LogP contribution in [-0.2, 0) is 0 Å². The number of carbonyl (C=O) groups is 1. The van der Waals surface area contributed by atoms with Crippen LogP contribution in [0.15, 0.2) is 40.8 Å². The third-order valence-corrected chi connectivity index (χ3v) is 5.77. The number of fused-ring (bicyclic) bond motifs is 1. The van der Waals surface area contributed by atoms with E-state index < -0.39 is 0 Å². The Morgan fingerprint density at radius 3 is 2.85 bits per heavy atom. The number of amides is 1. The Hall–Kier alpha value is -2.18. The van der Waals surface area contributed by atoms with Crippen molar-refractivity contribution in [3.63, 3.8) is 0 Å². The Morgan fingerprint density at radius 1 is 1.15 bits per heavy atom. The largest absolute Gasteiger partial charge is 0.448 e. The van der Waals surface area contributed by atoms with E-state index in [1.807, 2.05) is 30.3 Å². The van der Waals surface area contributed by atoms with Gasteiger partial charge in [-0.15, -0.1) is 11.3 Å². The van der Waals surface area contributed by atoms with E-state index in [9.17, 15) is 4.79 Å². The highest BCUT2D eigenvalue weighted by Crippen LogP contribution is 2.31. The minimum Gasteiger partial charge on any atom is -0.448 e. The Bertz CT molecular complexity index is 847. The molecule has 1 amide bonds. The number of para-hydroxylation sites is 1. The van der Waals surface area contributed by atoms with E-state index in [1.165, 1.54) is 32.4 Å². The SMILES string of the molecule is O=C(NCCCN1CCCCC1)c1ccc(-c2nc3ccccc3s2)o1. The quantitative estimate of drug-likeness (QED) is 0.663. The summed E-state index contributed by atoms with van der Waals surface area (Å²) in [5.74, 6) is 0.831. The molecule has 1 aromatic carbocycles. The number of piperidine rings is 1. The van der Waals surface area contributed by atoms with E-state index in [1.54, 1.807) is 17.4 Å². The number of hydrogen-bond acceptors (Lipinski definition) is 5. The van der Waals surface area contributed by atoms with E-state index >= 15 is 0 Å². The molecule has 4 rings (SSSR count). The van der Waals surface area contributed by atoms with Gasteiger partial charge in [0.2, 0.25) is 0 Å². The van der Waals surface area contributed by atoms with Crippen LogP contribution in [0.3, 0.4) is 0 Å². The van der Waals surface area contributed by atoms with Gasteiger partial charge < -0.3 is 14.6 Å². The molecular weight excluding hydrogens is 346 g/mol. The number of thiazole rings is 1. The molecule has 3 heterocycles. The highest BCUT2D eigenvalue weighted by molar-refractivity contribution is 7.21. The average Bonchev–Trinajstić information content (AvgIpc) is 3.32. The third-order valence-electron chi connectivity index (χ3n) is 4.72. The number of benzene rings is 1. The van der Waals surface area contributed by atoms with Crippen molar-refractivity contribution in [3.05, 3.63) is 42.2 Å². The van der Waals surface area contributed by atoms with Gasteiger partial charge in [0.1, 0.15) is 0 Å². The lowest BCUT2D eigenvalue weighted by molar-refractivity contribution is 0.0924. The number of hydrogen-bond donors (Lipinski definition) is 1. The summed E-state index contributed by atoms with van der Waals surface area (Å²) in [6.45, 7) is 4.11. The van der Waals surface area contributed by atoms with Gasteiger partial charge in [0, 0.05) is 6.54 Å². The van der Waals surface area contributed by atoms with Crippen LogP contribution in [0.5, 0.6) is 0 Å². The lowest BCUT2D eigenvalue weighted by atomic mass is 10.1. The minimum atomic E-state index is -0.156. The van der Waals surface area contributed by atoms with Gasteiger partial charge in [-0.2, -0.15) is 0 Å². The first kappa shape index (κ1) is 17.2. The van der Waals surface area contributed by atoms with Gasteiger partial charge in [0.15, 0.2) is 16.5 Å². The normalized spacial score (nSPS) is 15.4. The Kier molecular flexibility index (Phi) is 5.32. The van der Waals surface area contributed by atoms with Gasteiger partial charge >= 0.3 is 0 Å². The standard InChI is InChI=1S/C20H23N3O2S/c24-19(21-11-6-14-23-12-4-1-5-13-23)16-9-10-17(25-16)20-22-15-7-2-3-8-18(15)26-20/h2-3,7-10H,1,4-6,11-14H2,(H,21,24). The number of carbonyl (C=O) groups excluding carboxylic acids is 1. The molecule has 0 bridgehead atoms. The maximum atomic E-state index is 12.3. The van der Waals surface area contributed by atoms with Gasteiger partial charge in [-0.05, 0) is 63.2 Å². The summed E-state index contributed by atoms with van der Waals surface area (Å²) in [5.41, 5.74) is 0.951. The first-order chi connectivity index (χ1) is 12.8. The molecule has 0 unspecified atom stereocenters. The van der Waals surface area contributed by atoms with E-state index in [4.69, 9.17) is 4.42 Å². The number of nitrogens with one attached hydrogen (secondary N) is 1. The molecule has 0 aliphatic carbocycles. The number of rotatable bonds is 6. The molecule has 0 radical (unpaired) electrons. The monoisotopic (exact) mass is 369 g/mol. The number of aromatic nitrogens is 1. The zero-order chi connectivity index (χ0) is 17.8. The van der Waals surface area contributed by atoms with Crippen molar-refractivity contribution in [1.29, 1.82) is 0 Å². The molecular formula is C20H23N3O2S. The molecule has 0 atom stereocenters. The summed E-state index contributed by atoms with van der Waals surface area (Å²) in [6.07, 6.45) is 4.92. The minimum absolute atomic E-state index is 0.156. The average molecular weight is 369 g/mol. The Balaban J connectivity index is 1.31. The molecule has 26 heavy (non-hydrogen) atoms. The van der Waals surface area contributed by atoms with Crippen molar-refractivity contribution in [3.8, 4) is 10.8 Å². The summed E-state index contributed by atoms with van der Waals surface area (Å²) >= 11 is 1.57. The van der Waals surface area contributed by atoms with Crippen molar-refractivity contribution in [1.82, 2.24) is 15.2 Å². The van der Waals surface area contributed by atoms with Crippen molar-refractivity contribution in [2.45, 2.75) is 25.7 Å². The van der Waals surface area contributed by atoms with Crippen LogP contribution in [0, 0.1) is 0 Å². The fraction of sp³-hybridized carbons (Fsp3) is 0.400. The van der Waals surface area contributed by atoms with Crippen LogP contribution in [0.1, 0.15) is 36.2 Å². The van der Waals surface area contributed by atoms with E-state index in [0.717, 1.165) is 28.2 Å². The fourth-order valence-corrected chi connectivity index (χ4v) is 4.25. The van der Waals surface area contributed by atoms with Crippen LogP contribution in [0.25, 0.3) is 21.0 Å². The zero-order valence-electron chi connectivity index (χ0n) is 14.7. The summed E-state index contributed by atoms with van der Waals surface area (Å²) in [6, 6.07) is 11.5. The van der Waals surface area contributed by atoms with Crippen LogP contribution in [-0.4, -0.2) is 42.0 Å². The molecule has 1 aliphatic heterocycles. The summed E-state index contributed by atoms with van der Waals surface area (Å²) in [5, 5.41) is 3.75. The molecule has 2 aromatic heterocycles. The van der Waals surface area contributed by atoms with Gasteiger partial charge in [0.25, 0.3) is 5.91 Å². The molecule has 3 aromatic rings. The van der Waals surface area contributed by atoms with E-state index in [2.05, 4.69) is 15.2 Å². The Labute approximate surface area is 157 Å². The first-order valence-corrected chi connectivity index (χ1v) is 10.1. The molecule has 6 heteroatoms. The number of furan rings is 1. The first-order valence-electron chi connectivity index (χ1n) is 9.26. The highest BCUT2D eigenvalue weighted by atomic mass is 32.1. The second kappa shape index (κ2) is 8.01. The predicted octanol–water partition coefficient (Wildman–Crippen LogP) is 4.16. The maximum absolute atomic E-state index is 12.3. The molecule has 1 saturated heterocycles.